The van der Waals surface area contributed by atoms with Crippen molar-refractivity contribution in [2.75, 3.05) is 0 Å². The van der Waals surface area contributed by atoms with Gasteiger partial charge in [-0.1, -0.05) is 18.2 Å². The van der Waals surface area contributed by atoms with Gasteiger partial charge in [0.2, 0.25) is 0 Å². The van der Waals surface area contributed by atoms with E-state index in [9.17, 15) is 5.11 Å². The van der Waals surface area contributed by atoms with Crippen molar-refractivity contribution < 1.29 is 9.84 Å². The van der Waals surface area contributed by atoms with Gasteiger partial charge in [-0.2, -0.15) is 5.10 Å². The lowest BCUT2D eigenvalue weighted by atomic mass is 9.96. The van der Waals surface area contributed by atoms with Crippen LogP contribution in [0.3, 0.4) is 0 Å². The molecule has 1 aromatic carbocycles. The molecule has 1 aromatic heterocycles. The Kier molecular flexibility index (Phi) is 2.80. The third-order valence-corrected chi connectivity index (χ3v) is 3.33. The average Bonchev–Trinajstić information content (AvgIpc) is 2.87. The number of rotatable bonds is 2. The van der Waals surface area contributed by atoms with Gasteiger partial charge < -0.3 is 9.84 Å². The predicted molar refractivity (Wildman–Crippen MR) is 67.3 cm³/mol. The van der Waals surface area contributed by atoms with Crippen molar-refractivity contribution in [3.8, 4) is 5.75 Å². The summed E-state index contributed by atoms with van der Waals surface area (Å²) in [5.41, 5.74) is 1.89. The molecule has 0 radical (unpaired) electrons. The van der Waals surface area contributed by atoms with Crippen LogP contribution in [0.5, 0.6) is 5.75 Å². The molecule has 0 spiro atoms. The summed E-state index contributed by atoms with van der Waals surface area (Å²) in [6.45, 7) is 2.88. The molecule has 3 rings (SSSR count). The molecule has 18 heavy (non-hydrogen) atoms. The van der Waals surface area contributed by atoms with E-state index in [4.69, 9.17) is 4.74 Å². The number of fused-ring (bicyclic) bond motifs is 1. The van der Waals surface area contributed by atoms with E-state index in [1.807, 2.05) is 48.3 Å². The molecule has 2 aromatic rings. The Morgan fingerprint density at radius 3 is 3.06 bits per heavy atom. The van der Waals surface area contributed by atoms with Crippen LogP contribution in [-0.2, 0) is 6.54 Å². The van der Waals surface area contributed by atoms with Crippen molar-refractivity contribution in [3.05, 3.63) is 47.8 Å². The number of para-hydroxylation sites is 1. The van der Waals surface area contributed by atoms with Crippen molar-refractivity contribution >= 4 is 0 Å². The summed E-state index contributed by atoms with van der Waals surface area (Å²) in [5.74, 6) is 0.769. The number of aliphatic hydroxyl groups is 1. The zero-order valence-electron chi connectivity index (χ0n) is 10.3. The predicted octanol–water partition coefficient (Wildman–Crippen LogP) is 2.46. The van der Waals surface area contributed by atoms with Crippen molar-refractivity contribution in [1.82, 2.24) is 9.78 Å². The second-order valence-electron chi connectivity index (χ2n) is 4.53. The third-order valence-electron chi connectivity index (χ3n) is 3.33. The molecular weight excluding hydrogens is 228 g/mol. The molecule has 2 unspecified atom stereocenters. The summed E-state index contributed by atoms with van der Waals surface area (Å²) in [7, 11) is 0. The van der Waals surface area contributed by atoms with Crippen LogP contribution in [0, 0.1) is 0 Å². The van der Waals surface area contributed by atoms with Crippen LogP contribution >= 0.6 is 0 Å². The largest absolute Gasteiger partial charge is 0.485 e. The zero-order chi connectivity index (χ0) is 12.5. The summed E-state index contributed by atoms with van der Waals surface area (Å²) < 4.78 is 7.80. The first-order valence-electron chi connectivity index (χ1n) is 6.24. The summed E-state index contributed by atoms with van der Waals surface area (Å²) in [4.78, 5) is 0. The molecule has 1 aliphatic rings. The van der Waals surface area contributed by atoms with Crippen molar-refractivity contribution in [1.29, 1.82) is 0 Å². The monoisotopic (exact) mass is 244 g/mol. The Balaban J connectivity index is 1.89. The van der Waals surface area contributed by atoms with E-state index in [0.29, 0.717) is 6.42 Å². The van der Waals surface area contributed by atoms with Gasteiger partial charge in [0.15, 0.2) is 0 Å². The fourth-order valence-corrected chi connectivity index (χ4v) is 2.32. The lowest BCUT2D eigenvalue weighted by Gasteiger charge is -2.28. The molecule has 1 N–H and O–H groups in total. The number of aliphatic hydroxyl groups excluding tert-OH is 1. The first kappa shape index (κ1) is 11.3. The van der Waals surface area contributed by atoms with Crippen molar-refractivity contribution in [2.45, 2.75) is 32.1 Å². The molecular formula is C14H16N2O2. The summed E-state index contributed by atoms with van der Waals surface area (Å²) >= 11 is 0. The SMILES string of the molecule is CCn1cc(C2CC(O)c3ccccc3O2)cn1. The van der Waals surface area contributed by atoms with Gasteiger partial charge in [-0.3, -0.25) is 4.68 Å². The fraction of sp³-hybridized carbons (Fsp3) is 0.357. The number of ether oxygens (including phenoxy) is 1. The highest BCUT2D eigenvalue weighted by molar-refractivity contribution is 5.37. The lowest BCUT2D eigenvalue weighted by molar-refractivity contribution is 0.0657. The van der Waals surface area contributed by atoms with Gasteiger partial charge in [0.1, 0.15) is 11.9 Å². The van der Waals surface area contributed by atoms with Crippen LogP contribution in [0.15, 0.2) is 36.7 Å². The minimum absolute atomic E-state index is 0.116. The van der Waals surface area contributed by atoms with Crippen LogP contribution in [-0.4, -0.2) is 14.9 Å². The quantitative estimate of drug-likeness (QED) is 0.882. The fourth-order valence-electron chi connectivity index (χ4n) is 2.32. The molecule has 2 atom stereocenters. The van der Waals surface area contributed by atoms with Crippen LogP contribution < -0.4 is 4.74 Å². The number of nitrogens with zero attached hydrogens (tertiary/aromatic N) is 2. The van der Waals surface area contributed by atoms with E-state index in [0.717, 1.165) is 23.4 Å². The van der Waals surface area contributed by atoms with Gasteiger partial charge in [-0.25, -0.2) is 0 Å². The van der Waals surface area contributed by atoms with Crippen LogP contribution in [0.4, 0.5) is 0 Å². The molecule has 94 valence electrons. The van der Waals surface area contributed by atoms with E-state index < -0.39 is 6.10 Å². The molecule has 4 heteroatoms. The minimum Gasteiger partial charge on any atom is -0.485 e. The summed E-state index contributed by atoms with van der Waals surface area (Å²) in [6.07, 6.45) is 3.78. The molecule has 4 nitrogen and oxygen atoms in total. The lowest BCUT2D eigenvalue weighted by Crippen LogP contribution is -2.18. The maximum atomic E-state index is 10.1. The number of aryl methyl sites for hydroxylation is 1. The maximum Gasteiger partial charge on any atom is 0.130 e. The molecule has 2 heterocycles. The maximum absolute atomic E-state index is 10.1. The number of hydrogen-bond donors (Lipinski definition) is 1. The topological polar surface area (TPSA) is 47.3 Å². The Morgan fingerprint density at radius 2 is 2.28 bits per heavy atom. The van der Waals surface area contributed by atoms with E-state index in [1.165, 1.54) is 0 Å². The summed E-state index contributed by atoms with van der Waals surface area (Å²) in [5, 5.41) is 14.4. The zero-order valence-corrected chi connectivity index (χ0v) is 10.3. The highest BCUT2D eigenvalue weighted by atomic mass is 16.5. The van der Waals surface area contributed by atoms with E-state index in [2.05, 4.69) is 5.10 Å². The Labute approximate surface area is 106 Å². The Hall–Kier alpha value is -1.81. The third kappa shape index (κ3) is 1.88. The van der Waals surface area contributed by atoms with Crippen LogP contribution in [0.1, 0.15) is 36.7 Å². The van der Waals surface area contributed by atoms with Crippen molar-refractivity contribution in [2.24, 2.45) is 0 Å². The Morgan fingerprint density at radius 1 is 1.44 bits per heavy atom. The van der Waals surface area contributed by atoms with Crippen molar-refractivity contribution in [3.63, 3.8) is 0 Å². The number of benzene rings is 1. The van der Waals surface area contributed by atoms with Crippen LogP contribution in [0.2, 0.25) is 0 Å². The van der Waals surface area contributed by atoms with E-state index in [-0.39, 0.29) is 6.10 Å². The molecule has 0 fully saturated rings. The van der Waals surface area contributed by atoms with Gasteiger partial charge in [0.05, 0.1) is 12.3 Å². The summed E-state index contributed by atoms with van der Waals surface area (Å²) in [6, 6.07) is 7.64. The molecule has 0 saturated carbocycles. The first-order chi connectivity index (χ1) is 8.78. The van der Waals surface area contributed by atoms with Gasteiger partial charge in [-0.15, -0.1) is 0 Å². The minimum atomic E-state index is -0.468. The molecule has 0 amide bonds. The number of aromatic nitrogens is 2. The van der Waals surface area contributed by atoms with Gasteiger partial charge >= 0.3 is 0 Å². The molecule has 0 bridgehead atoms. The molecule has 0 aliphatic carbocycles. The van der Waals surface area contributed by atoms with Gasteiger partial charge in [0.25, 0.3) is 0 Å². The van der Waals surface area contributed by atoms with Gasteiger partial charge in [0, 0.05) is 30.3 Å². The van der Waals surface area contributed by atoms with Crippen LogP contribution in [0.25, 0.3) is 0 Å². The first-order valence-corrected chi connectivity index (χ1v) is 6.24. The standard InChI is InChI=1S/C14H16N2O2/c1-2-16-9-10(8-15-16)14-7-12(17)11-5-3-4-6-13(11)18-14/h3-6,8-9,12,14,17H,2,7H2,1H3. The number of hydrogen-bond acceptors (Lipinski definition) is 3. The highest BCUT2D eigenvalue weighted by Crippen LogP contribution is 2.40. The average molecular weight is 244 g/mol. The second kappa shape index (κ2) is 4.46. The molecule has 0 saturated heterocycles. The van der Waals surface area contributed by atoms with Gasteiger partial charge in [-0.05, 0) is 13.0 Å². The van der Waals surface area contributed by atoms with E-state index in [1.54, 1.807) is 0 Å². The molecule has 1 aliphatic heterocycles. The normalized spacial score (nSPS) is 22.3. The second-order valence-corrected chi connectivity index (χ2v) is 4.53. The highest BCUT2D eigenvalue weighted by Gasteiger charge is 2.28. The van der Waals surface area contributed by atoms with E-state index >= 15 is 0 Å². The smallest absolute Gasteiger partial charge is 0.130 e. The Bertz CT molecular complexity index is 550.